The minimum Gasteiger partial charge on any atom is -0.309 e. The van der Waals surface area contributed by atoms with Gasteiger partial charge in [-0.15, -0.1) is 0 Å². The van der Waals surface area contributed by atoms with Gasteiger partial charge in [0.25, 0.3) is 0 Å². The minimum atomic E-state index is 0.153. The van der Waals surface area contributed by atoms with Crippen LogP contribution < -0.4 is 0 Å². The summed E-state index contributed by atoms with van der Waals surface area (Å²) in [7, 11) is 0. The highest BCUT2D eigenvalue weighted by Crippen LogP contribution is 2.54. The van der Waals surface area contributed by atoms with Crippen molar-refractivity contribution < 1.29 is 0 Å². The molecule has 7 aromatic carbocycles. The van der Waals surface area contributed by atoms with Crippen molar-refractivity contribution in [1.82, 2.24) is 18.7 Å². The predicted molar refractivity (Wildman–Crippen MR) is 228 cm³/mol. The fourth-order valence-electron chi connectivity index (χ4n) is 10.7. The molecule has 13 rings (SSSR count). The van der Waals surface area contributed by atoms with Crippen LogP contribution in [0.2, 0.25) is 0 Å². The van der Waals surface area contributed by atoms with Gasteiger partial charge in [0.1, 0.15) is 0 Å². The summed E-state index contributed by atoms with van der Waals surface area (Å²) in [6, 6.07) is 56.3. The molecule has 4 heteroatoms. The number of nitrogens with zero attached hydrogens (tertiary/aromatic N) is 4. The van der Waals surface area contributed by atoms with Crippen molar-refractivity contribution in [1.29, 1.82) is 0 Å². The normalized spacial score (nSPS) is 15.8. The number of benzene rings is 7. The van der Waals surface area contributed by atoms with Gasteiger partial charge in [0, 0.05) is 61.6 Å². The number of hydrogen-bond acceptors (Lipinski definition) is 1. The van der Waals surface area contributed by atoms with Crippen molar-refractivity contribution in [2.45, 2.75) is 25.7 Å². The second kappa shape index (κ2) is 10.4. The Morgan fingerprint density at radius 2 is 0.909 bits per heavy atom. The van der Waals surface area contributed by atoms with Crippen molar-refractivity contribution in [3.63, 3.8) is 0 Å². The molecule has 4 aromatic heterocycles. The van der Waals surface area contributed by atoms with Crippen LogP contribution in [-0.2, 0) is 0 Å². The minimum absolute atomic E-state index is 0.153. The summed E-state index contributed by atoms with van der Waals surface area (Å²) >= 11 is 0. The quantitative estimate of drug-likeness (QED) is 0.176. The zero-order chi connectivity index (χ0) is 36.1. The van der Waals surface area contributed by atoms with Gasteiger partial charge >= 0.3 is 0 Å². The molecule has 2 unspecified atom stereocenters. The van der Waals surface area contributed by atoms with Crippen molar-refractivity contribution in [2.24, 2.45) is 0 Å². The number of para-hydroxylation sites is 5. The van der Waals surface area contributed by atoms with Crippen molar-refractivity contribution >= 4 is 65.4 Å². The lowest BCUT2D eigenvalue weighted by atomic mass is 9.76. The summed E-state index contributed by atoms with van der Waals surface area (Å²) in [5, 5.41) is 7.71. The molecule has 0 amide bonds. The van der Waals surface area contributed by atoms with Crippen LogP contribution >= 0.6 is 0 Å². The molecule has 0 saturated heterocycles. The molecule has 6 heterocycles. The molecule has 0 aliphatic carbocycles. The molecular formula is C51H34N4. The highest BCUT2D eigenvalue weighted by molar-refractivity contribution is 6.15. The van der Waals surface area contributed by atoms with Crippen molar-refractivity contribution in [3.8, 4) is 28.3 Å². The fraction of sp³-hybridized carbons (Fsp3) is 0.0784. The third kappa shape index (κ3) is 3.60. The van der Waals surface area contributed by atoms with E-state index in [-0.39, 0.29) is 11.8 Å². The smallest absolute Gasteiger partial charge is 0.0709 e. The largest absolute Gasteiger partial charge is 0.309 e. The van der Waals surface area contributed by atoms with Crippen LogP contribution in [0.15, 0.2) is 158 Å². The van der Waals surface area contributed by atoms with E-state index in [2.05, 4.69) is 173 Å². The molecule has 0 saturated carbocycles. The second-order valence-electron chi connectivity index (χ2n) is 15.5. The lowest BCUT2D eigenvalue weighted by Gasteiger charge is -2.35. The van der Waals surface area contributed by atoms with Gasteiger partial charge in [-0.3, -0.25) is 4.98 Å². The summed E-state index contributed by atoms with van der Waals surface area (Å²) < 4.78 is 7.56. The predicted octanol–water partition coefficient (Wildman–Crippen LogP) is 13.0. The standard InChI is InChI=1S/C51H34N4/c1-29-32-16-11-18-37-36-15-5-8-23-43(36)54(50(32)37)45-28-46-48(49(47(29)45)40-20-9-10-26-52-40)30(2)33-17-12-19-38-39-27-31(24-25-44(39)55(46)51(33)38)53-41-21-6-3-13-34(41)35-14-4-7-22-42(35)53/h3-30H,1-2H3. The number of pyridine rings is 1. The van der Waals surface area contributed by atoms with Crippen molar-refractivity contribution in [3.05, 3.63) is 180 Å². The molecule has 55 heavy (non-hydrogen) atoms. The summed E-state index contributed by atoms with van der Waals surface area (Å²) in [4.78, 5) is 5.11. The van der Waals surface area contributed by atoms with Gasteiger partial charge in [-0.05, 0) is 76.9 Å². The number of aromatic nitrogens is 4. The Labute approximate surface area is 317 Å². The first-order valence-corrected chi connectivity index (χ1v) is 19.4. The van der Waals surface area contributed by atoms with E-state index in [1.54, 1.807) is 0 Å². The maximum atomic E-state index is 5.11. The van der Waals surface area contributed by atoms with E-state index in [9.17, 15) is 0 Å². The molecule has 11 aromatic rings. The number of hydrogen-bond donors (Lipinski definition) is 0. The van der Waals surface area contributed by atoms with E-state index in [0.717, 1.165) is 5.69 Å². The Hall–Kier alpha value is -6.91. The first-order chi connectivity index (χ1) is 27.2. The van der Waals surface area contributed by atoms with Crippen LogP contribution in [0.4, 0.5) is 0 Å². The summed E-state index contributed by atoms with van der Waals surface area (Å²) in [6.45, 7) is 4.80. The fourth-order valence-corrected chi connectivity index (χ4v) is 10.7. The molecular weight excluding hydrogens is 669 g/mol. The Bertz CT molecular complexity index is 3410. The highest BCUT2D eigenvalue weighted by Gasteiger charge is 2.37. The third-order valence-corrected chi connectivity index (χ3v) is 12.9. The van der Waals surface area contributed by atoms with E-state index in [1.165, 1.54) is 110 Å². The van der Waals surface area contributed by atoms with Gasteiger partial charge in [-0.2, -0.15) is 0 Å². The summed E-state index contributed by atoms with van der Waals surface area (Å²) in [5.74, 6) is 0.331. The molecule has 2 aliphatic heterocycles. The average molecular weight is 703 g/mol. The van der Waals surface area contributed by atoms with Gasteiger partial charge in [0.05, 0.1) is 50.2 Å². The van der Waals surface area contributed by atoms with Crippen LogP contribution in [0.5, 0.6) is 0 Å². The molecule has 0 bridgehead atoms. The number of rotatable bonds is 2. The van der Waals surface area contributed by atoms with Crippen LogP contribution in [0, 0.1) is 0 Å². The van der Waals surface area contributed by atoms with Crippen LogP contribution in [-0.4, -0.2) is 18.7 Å². The van der Waals surface area contributed by atoms with E-state index in [0.29, 0.717) is 0 Å². The van der Waals surface area contributed by atoms with Gasteiger partial charge in [-0.25, -0.2) is 0 Å². The maximum Gasteiger partial charge on any atom is 0.0709 e. The topological polar surface area (TPSA) is 27.7 Å². The first kappa shape index (κ1) is 29.5. The highest BCUT2D eigenvalue weighted by atomic mass is 15.0. The van der Waals surface area contributed by atoms with Crippen LogP contribution in [0.3, 0.4) is 0 Å². The molecule has 0 fully saturated rings. The SMILES string of the molecule is CC1c2c(cc3c(c2-c2ccccn2)C(C)c2cccc4c5cc(-n6c7ccccc7c7ccccc76)ccc5n-3c24)-n2c3ccccc3c3cccc1c32. The van der Waals surface area contributed by atoms with Gasteiger partial charge in [-0.1, -0.05) is 111 Å². The molecule has 4 nitrogen and oxygen atoms in total. The van der Waals surface area contributed by atoms with E-state index >= 15 is 0 Å². The lowest BCUT2D eigenvalue weighted by molar-refractivity contribution is 0.842. The summed E-state index contributed by atoms with van der Waals surface area (Å²) in [5.41, 5.74) is 18.9. The molecule has 2 aliphatic rings. The van der Waals surface area contributed by atoms with E-state index in [4.69, 9.17) is 4.98 Å². The Morgan fingerprint density at radius 3 is 1.49 bits per heavy atom. The van der Waals surface area contributed by atoms with E-state index in [1.807, 2.05) is 12.3 Å². The Kier molecular flexibility index (Phi) is 5.58. The Morgan fingerprint density at radius 1 is 0.418 bits per heavy atom. The molecule has 258 valence electrons. The average Bonchev–Trinajstić information content (AvgIpc) is 3.88. The third-order valence-electron chi connectivity index (χ3n) is 12.9. The monoisotopic (exact) mass is 702 g/mol. The van der Waals surface area contributed by atoms with E-state index < -0.39 is 0 Å². The van der Waals surface area contributed by atoms with Gasteiger partial charge in [0.15, 0.2) is 0 Å². The molecule has 0 N–H and O–H groups in total. The lowest BCUT2D eigenvalue weighted by Crippen LogP contribution is -2.20. The zero-order valence-electron chi connectivity index (χ0n) is 30.5. The molecule has 2 atom stereocenters. The Balaban J connectivity index is 1.18. The second-order valence-corrected chi connectivity index (χ2v) is 15.5. The van der Waals surface area contributed by atoms with Crippen LogP contribution in [0.25, 0.3) is 93.7 Å². The van der Waals surface area contributed by atoms with Crippen LogP contribution in [0.1, 0.15) is 47.9 Å². The summed E-state index contributed by atoms with van der Waals surface area (Å²) in [6.07, 6.45) is 1.95. The zero-order valence-corrected chi connectivity index (χ0v) is 30.5. The van der Waals surface area contributed by atoms with Gasteiger partial charge < -0.3 is 13.7 Å². The molecule has 0 spiro atoms. The number of fused-ring (bicyclic) bond motifs is 13. The maximum absolute atomic E-state index is 5.11. The van der Waals surface area contributed by atoms with Crippen molar-refractivity contribution in [2.75, 3.05) is 0 Å². The first-order valence-electron chi connectivity index (χ1n) is 19.4. The molecule has 0 radical (unpaired) electrons. The van der Waals surface area contributed by atoms with Gasteiger partial charge in [0.2, 0.25) is 0 Å².